The third-order valence-corrected chi connectivity index (χ3v) is 9.02. The molecule has 0 radical (unpaired) electrons. The Labute approximate surface area is 299 Å². The predicted molar refractivity (Wildman–Crippen MR) is 211 cm³/mol. The molecule has 0 heterocycles. The lowest BCUT2D eigenvalue weighted by Gasteiger charge is -2.31. The fourth-order valence-electron chi connectivity index (χ4n) is 6.31. The minimum absolute atomic E-state index is 0.183. The van der Waals surface area contributed by atoms with E-state index >= 15 is 0 Å². The number of phenols is 5. The molecule has 1 aliphatic carbocycles. The standard InChI is InChI=1S/C45H43NO5/c1-7-11-14-34(9-3)46(35(10-4)27-29(8-2)28(5)6)39-26-25-36(37-15-12-13-16-38(37)39)32-21-17-30(18-22-32)31-19-23-33(24-20-31)40-41(47)43(49)45(51)44(50)42(40)48/h7-11,13-14,16-27,47-51H,1-2,4,12,15H2,3,5-6H3/b14-11-,34-9+,35-27+. The molecule has 0 saturated carbocycles. The lowest BCUT2D eigenvalue weighted by atomic mass is 9.87. The van der Waals surface area contributed by atoms with Crippen LogP contribution in [-0.4, -0.2) is 25.5 Å². The van der Waals surface area contributed by atoms with Crippen LogP contribution in [0, 0.1) is 0 Å². The molecule has 0 unspecified atom stereocenters. The van der Waals surface area contributed by atoms with Gasteiger partial charge in [0.1, 0.15) is 0 Å². The van der Waals surface area contributed by atoms with Gasteiger partial charge in [0.2, 0.25) is 17.2 Å². The summed E-state index contributed by atoms with van der Waals surface area (Å²) in [4.78, 5) is 2.23. The van der Waals surface area contributed by atoms with Crippen molar-refractivity contribution in [2.24, 2.45) is 0 Å². The van der Waals surface area contributed by atoms with Crippen LogP contribution in [0.1, 0.15) is 38.3 Å². The summed E-state index contributed by atoms with van der Waals surface area (Å²) in [5.74, 6) is -4.26. The summed E-state index contributed by atoms with van der Waals surface area (Å²) in [7, 11) is 0. The highest BCUT2D eigenvalue weighted by Crippen LogP contribution is 2.54. The number of rotatable bonds is 11. The molecule has 0 fully saturated rings. The van der Waals surface area contributed by atoms with Crippen molar-refractivity contribution < 1.29 is 25.5 Å². The fraction of sp³-hybridized carbons (Fsp3) is 0.111. The Kier molecular flexibility index (Phi) is 10.9. The van der Waals surface area contributed by atoms with Gasteiger partial charge in [0.05, 0.1) is 11.3 Å². The van der Waals surface area contributed by atoms with Crippen molar-refractivity contribution >= 4 is 11.8 Å². The van der Waals surface area contributed by atoms with Crippen molar-refractivity contribution in [3.8, 4) is 62.1 Å². The Bertz CT molecular complexity index is 2130. The topological polar surface area (TPSA) is 104 Å². The molecule has 0 aliphatic heterocycles. The van der Waals surface area contributed by atoms with Crippen LogP contribution in [0.25, 0.3) is 39.5 Å². The molecule has 0 bridgehead atoms. The molecule has 258 valence electrons. The molecule has 51 heavy (non-hydrogen) atoms. The van der Waals surface area contributed by atoms with E-state index in [2.05, 4.69) is 99.2 Å². The zero-order valence-corrected chi connectivity index (χ0v) is 29.2. The number of benzene rings is 4. The average Bonchev–Trinajstić information content (AvgIpc) is 3.16. The van der Waals surface area contributed by atoms with Gasteiger partial charge in [0.25, 0.3) is 0 Å². The monoisotopic (exact) mass is 677 g/mol. The molecule has 0 saturated heterocycles. The number of anilines is 1. The van der Waals surface area contributed by atoms with Gasteiger partial charge in [0, 0.05) is 17.0 Å². The van der Waals surface area contributed by atoms with Crippen LogP contribution in [0.3, 0.4) is 0 Å². The first-order valence-electron chi connectivity index (χ1n) is 16.7. The van der Waals surface area contributed by atoms with Gasteiger partial charge in [0.15, 0.2) is 11.5 Å². The third-order valence-electron chi connectivity index (χ3n) is 9.02. The molecule has 0 aromatic heterocycles. The second-order valence-corrected chi connectivity index (χ2v) is 12.3. The molecule has 0 amide bonds. The van der Waals surface area contributed by atoms with Crippen LogP contribution in [0.5, 0.6) is 28.7 Å². The molecule has 4 aromatic carbocycles. The number of allylic oxidation sites excluding steroid dienone is 10. The molecule has 4 aromatic rings. The maximum Gasteiger partial charge on any atom is 0.208 e. The van der Waals surface area contributed by atoms with E-state index in [1.165, 1.54) is 5.56 Å². The van der Waals surface area contributed by atoms with Crippen molar-refractivity contribution in [1.82, 2.24) is 0 Å². The second-order valence-electron chi connectivity index (χ2n) is 12.3. The van der Waals surface area contributed by atoms with Crippen LogP contribution >= 0.6 is 0 Å². The van der Waals surface area contributed by atoms with Crippen LogP contribution in [0.15, 0.2) is 152 Å². The summed E-state index contributed by atoms with van der Waals surface area (Å²) in [6.45, 7) is 18.3. The van der Waals surface area contributed by atoms with Crippen molar-refractivity contribution in [3.63, 3.8) is 0 Å². The first kappa shape index (κ1) is 35.9. The van der Waals surface area contributed by atoms with Crippen molar-refractivity contribution in [3.05, 3.63) is 163 Å². The van der Waals surface area contributed by atoms with Crippen molar-refractivity contribution in [2.45, 2.75) is 33.6 Å². The van der Waals surface area contributed by atoms with Gasteiger partial charge in [-0.1, -0.05) is 116 Å². The van der Waals surface area contributed by atoms with Gasteiger partial charge >= 0.3 is 0 Å². The van der Waals surface area contributed by atoms with Crippen molar-refractivity contribution in [2.75, 3.05) is 4.90 Å². The van der Waals surface area contributed by atoms with Gasteiger partial charge in [-0.05, 0) is 96.9 Å². The zero-order valence-electron chi connectivity index (χ0n) is 29.2. The maximum absolute atomic E-state index is 10.4. The normalized spacial score (nSPS) is 12.8. The first-order chi connectivity index (χ1) is 24.6. The zero-order chi connectivity index (χ0) is 36.8. The van der Waals surface area contributed by atoms with Gasteiger partial charge in [-0.15, -0.1) is 0 Å². The van der Waals surface area contributed by atoms with E-state index in [0.29, 0.717) is 5.56 Å². The SMILES string of the molecule is C=C/C=C\C(=C/C)N(/C(C=C)=C/C(C=C)=C(C)C)c1ccc(-c2ccc(-c3ccc(-c4c(O)c(O)c(O)c(O)c4O)cc3)cc2)c2c1C=CCC2. The van der Waals surface area contributed by atoms with E-state index in [9.17, 15) is 25.5 Å². The number of aromatic hydroxyl groups is 5. The minimum atomic E-state index is -0.988. The van der Waals surface area contributed by atoms with Crippen LogP contribution in [-0.2, 0) is 6.42 Å². The Hall–Kier alpha value is -6.40. The van der Waals surface area contributed by atoms with Gasteiger partial charge < -0.3 is 30.4 Å². The smallest absolute Gasteiger partial charge is 0.208 e. The minimum Gasteiger partial charge on any atom is -0.504 e. The highest BCUT2D eigenvalue weighted by atomic mass is 16.4. The van der Waals surface area contributed by atoms with Gasteiger partial charge in [-0.2, -0.15) is 0 Å². The number of nitrogens with zero attached hydrogens (tertiary/aromatic N) is 1. The maximum atomic E-state index is 10.4. The average molecular weight is 678 g/mol. The molecule has 6 heteroatoms. The van der Waals surface area contributed by atoms with Gasteiger partial charge in [-0.25, -0.2) is 0 Å². The number of hydrogen-bond acceptors (Lipinski definition) is 6. The number of hydrogen-bond donors (Lipinski definition) is 5. The van der Waals surface area contributed by atoms with E-state index in [-0.39, 0.29) is 5.56 Å². The second kappa shape index (κ2) is 15.4. The van der Waals surface area contributed by atoms with Crippen LogP contribution in [0.4, 0.5) is 5.69 Å². The quantitative estimate of drug-likeness (QED) is 0.0615. The molecule has 0 atom stereocenters. The summed E-state index contributed by atoms with van der Waals surface area (Å²) >= 11 is 0. The lowest BCUT2D eigenvalue weighted by molar-refractivity contribution is 0.330. The van der Waals surface area contributed by atoms with E-state index in [1.807, 2.05) is 43.4 Å². The molecular weight excluding hydrogens is 634 g/mol. The van der Waals surface area contributed by atoms with E-state index in [1.54, 1.807) is 18.2 Å². The van der Waals surface area contributed by atoms with Crippen molar-refractivity contribution in [1.29, 1.82) is 0 Å². The van der Waals surface area contributed by atoms with E-state index < -0.39 is 28.7 Å². The first-order valence-corrected chi connectivity index (χ1v) is 16.7. The van der Waals surface area contributed by atoms with E-state index in [4.69, 9.17) is 0 Å². The number of phenolic OH excluding ortho intramolecular Hbond substituents is 5. The van der Waals surface area contributed by atoms with Crippen LogP contribution < -0.4 is 4.90 Å². The highest BCUT2D eigenvalue weighted by molar-refractivity contribution is 5.87. The summed E-state index contributed by atoms with van der Waals surface area (Å²) < 4.78 is 0. The fourth-order valence-corrected chi connectivity index (χ4v) is 6.31. The lowest BCUT2D eigenvalue weighted by Crippen LogP contribution is -2.22. The Morgan fingerprint density at radius 2 is 1.25 bits per heavy atom. The highest BCUT2D eigenvalue weighted by Gasteiger charge is 2.25. The van der Waals surface area contributed by atoms with Gasteiger partial charge in [-0.3, -0.25) is 0 Å². The molecule has 5 N–H and O–H groups in total. The molecule has 1 aliphatic rings. The summed E-state index contributed by atoms with van der Waals surface area (Å²) in [6.07, 6.45) is 19.9. The Morgan fingerprint density at radius 1 is 0.686 bits per heavy atom. The molecule has 6 nitrogen and oxygen atoms in total. The third kappa shape index (κ3) is 7.03. The molecule has 5 rings (SSSR count). The summed E-state index contributed by atoms with van der Waals surface area (Å²) in [6, 6.07) is 19.6. The Balaban J connectivity index is 1.55. The summed E-state index contributed by atoms with van der Waals surface area (Å²) in [5, 5.41) is 50.4. The van der Waals surface area contributed by atoms with E-state index in [0.717, 1.165) is 68.9 Å². The molecule has 0 spiro atoms. The van der Waals surface area contributed by atoms with Crippen LogP contribution in [0.2, 0.25) is 0 Å². The summed E-state index contributed by atoms with van der Waals surface area (Å²) in [5.41, 5.74) is 11.8. The molecular formula is C45H43NO5. The largest absolute Gasteiger partial charge is 0.504 e. The number of fused-ring (bicyclic) bond motifs is 1. The predicted octanol–water partition coefficient (Wildman–Crippen LogP) is 11.2. The Morgan fingerprint density at radius 3 is 1.78 bits per heavy atom.